The van der Waals surface area contributed by atoms with Gasteiger partial charge in [0.2, 0.25) is 0 Å². The predicted molar refractivity (Wildman–Crippen MR) is 64.6 cm³/mol. The Morgan fingerprint density at radius 3 is 2.75 bits per heavy atom. The number of methoxy groups -OCH3 is 1. The molecule has 1 saturated carbocycles. The van der Waals surface area contributed by atoms with Gasteiger partial charge in [0, 0.05) is 5.56 Å². The lowest BCUT2D eigenvalue weighted by Gasteiger charge is -2.25. The van der Waals surface area contributed by atoms with Crippen LogP contribution in [0.15, 0.2) is 18.2 Å². The fourth-order valence-electron chi connectivity index (χ4n) is 2.70. The fourth-order valence-corrected chi connectivity index (χ4v) is 2.70. The van der Waals surface area contributed by atoms with Gasteiger partial charge in [-0.25, -0.2) is 0 Å². The fraction of sp³-hybridized carbons (Fsp3) is 0.571. The molecule has 2 heteroatoms. The Morgan fingerprint density at radius 2 is 2.19 bits per heavy atom. The second-order valence-corrected chi connectivity index (χ2v) is 5.08. The Morgan fingerprint density at radius 1 is 1.44 bits per heavy atom. The standard InChI is InChI=1S/C14H20O2/c1-10-4-5-13(16-3)12(8-10)14(15)7-6-11(2)9-14/h4-5,8,11,15H,6-7,9H2,1-3H3. The Labute approximate surface area is 97.3 Å². The van der Waals surface area contributed by atoms with Gasteiger partial charge in [-0.3, -0.25) is 0 Å². The number of hydrogen-bond acceptors (Lipinski definition) is 2. The molecule has 0 spiro atoms. The summed E-state index contributed by atoms with van der Waals surface area (Å²) in [6.45, 7) is 4.24. The minimum atomic E-state index is -0.684. The molecular formula is C14H20O2. The molecule has 2 atom stereocenters. The lowest BCUT2D eigenvalue weighted by atomic mass is 9.89. The Hall–Kier alpha value is -1.02. The molecule has 0 heterocycles. The number of aliphatic hydroxyl groups is 1. The summed E-state index contributed by atoms with van der Waals surface area (Å²) in [6, 6.07) is 6.02. The second-order valence-electron chi connectivity index (χ2n) is 5.08. The summed E-state index contributed by atoms with van der Waals surface area (Å²) in [5.41, 5.74) is 1.44. The van der Waals surface area contributed by atoms with Gasteiger partial charge in [0.15, 0.2) is 0 Å². The average molecular weight is 220 g/mol. The summed E-state index contributed by atoms with van der Waals surface area (Å²) in [5, 5.41) is 10.7. The molecule has 0 radical (unpaired) electrons. The van der Waals surface area contributed by atoms with Gasteiger partial charge in [-0.15, -0.1) is 0 Å². The van der Waals surface area contributed by atoms with Gasteiger partial charge in [-0.2, -0.15) is 0 Å². The smallest absolute Gasteiger partial charge is 0.124 e. The highest BCUT2D eigenvalue weighted by Crippen LogP contribution is 2.45. The first-order valence-electron chi connectivity index (χ1n) is 5.92. The minimum Gasteiger partial charge on any atom is -0.496 e. The summed E-state index contributed by atoms with van der Waals surface area (Å²) >= 11 is 0. The Kier molecular flexibility index (Phi) is 2.94. The van der Waals surface area contributed by atoms with E-state index in [1.165, 1.54) is 5.56 Å². The Balaban J connectivity index is 2.42. The van der Waals surface area contributed by atoms with Gasteiger partial charge in [-0.05, 0) is 44.2 Å². The van der Waals surface area contributed by atoms with Crippen molar-refractivity contribution in [3.63, 3.8) is 0 Å². The van der Waals surface area contributed by atoms with Crippen LogP contribution in [0, 0.1) is 12.8 Å². The molecular weight excluding hydrogens is 200 g/mol. The molecule has 1 aliphatic carbocycles. The van der Waals surface area contributed by atoms with Crippen LogP contribution < -0.4 is 4.74 Å². The third kappa shape index (κ3) is 1.94. The van der Waals surface area contributed by atoms with Crippen molar-refractivity contribution in [2.24, 2.45) is 5.92 Å². The molecule has 88 valence electrons. The van der Waals surface area contributed by atoms with Crippen LogP contribution in [-0.4, -0.2) is 12.2 Å². The van der Waals surface area contributed by atoms with Gasteiger partial charge >= 0.3 is 0 Å². The van der Waals surface area contributed by atoms with Crippen molar-refractivity contribution in [1.29, 1.82) is 0 Å². The second kappa shape index (κ2) is 4.10. The third-order valence-corrected chi connectivity index (χ3v) is 3.59. The van der Waals surface area contributed by atoms with E-state index in [2.05, 4.69) is 13.0 Å². The van der Waals surface area contributed by atoms with Crippen LogP contribution in [0.3, 0.4) is 0 Å². The van der Waals surface area contributed by atoms with Crippen molar-refractivity contribution in [3.8, 4) is 5.75 Å². The summed E-state index contributed by atoms with van der Waals surface area (Å²) in [6.07, 6.45) is 2.77. The zero-order valence-corrected chi connectivity index (χ0v) is 10.3. The highest BCUT2D eigenvalue weighted by Gasteiger charge is 2.38. The van der Waals surface area contributed by atoms with Gasteiger partial charge < -0.3 is 9.84 Å². The summed E-state index contributed by atoms with van der Waals surface area (Å²) in [5.74, 6) is 1.40. The molecule has 1 aliphatic rings. The van der Waals surface area contributed by atoms with Crippen molar-refractivity contribution in [2.45, 2.75) is 38.7 Å². The van der Waals surface area contributed by atoms with E-state index in [-0.39, 0.29) is 0 Å². The molecule has 2 unspecified atom stereocenters. The molecule has 0 saturated heterocycles. The molecule has 0 bridgehead atoms. The van der Waals surface area contributed by atoms with Crippen LogP contribution in [0.1, 0.15) is 37.3 Å². The normalized spacial score (nSPS) is 29.4. The van der Waals surface area contributed by atoms with Crippen LogP contribution in [0.2, 0.25) is 0 Å². The quantitative estimate of drug-likeness (QED) is 0.830. The molecule has 2 rings (SSSR count). The van der Waals surface area contributed by atoms with Crippen LogP contribution in [0.5, 0.6) is 5.75 Å². The van der Waals surface area contributed by atoms with E-state index in [9.17, 15) is 5.11 Å². The number of ether oxygens (including phenoxy) is 1. The highest BCUT2D eigenvalue weighted by atomic mass is 16.5. The summed E-state index contributed by atoms with van der Waals surface area (Å²) in [7, 11) is 1.66. The van der Waals surface area contributed by atoms with E-state index in [1.807, 2.05) is 19.1 Å². The van der Waals surface area contributed by atoms with E-state index in [4.69, 9.17) is 4.74 Å². The van der Waals surface area contributed by atoms with Crippen LogP contribution in [0.25, 0.3) is 0 Å². The van der Waals surface area contributed by atoms with Gasteiger partial charge in [0.1, 0.15) is 5.75 Å². The topological polar surface area (TPSA) is 29.5 Å². The molecule has 2 nitrogen and oxygen atoms in total. The number of rotatable bonds is 2. The lowest BCUT2D eigenvalue weighted by Crippen LogP contribution is -2.22. The first kappa shape index (κ1) is 11.5. The highest BCUT2D eigenvalue weighted by molar-refractivity contribution is 5.41. The van der Waals surface area contributed by atoms with Crippen LogP contribution in [0.4, 0.5) is 0 Å². The number of hydrogen-bond donors (Lipinski definition) is 1. The number of aryl methyl sites for hydroxylation is 1. The maximum Gasteiger partial charge on any atom is 0.124 e. The molecule has 1 N–H and O–H groups in total. The first-order valence-corrected chi connectivity index (χ1v) is 5.92. The zero-order valence-electron chi connectivity index (χ0n) is 10.3. The Bertz CT molecular complexity index is 386. The largest absolute Gasteiger partial charge is 0.496 e. The molecule has 1 fully saturated rings. The van der Waals surface area contributed by atoms with Gasteiger partial charge in [0.25, 0.3) is 0 Å². The molecule has 0 aromatic heterocycles. The van der Waals surface area contributed by atoms with Crippen molar-refractivity contribution in [3.05, 3.63) is 29.3 Å². The van der Waals surface area contributed by atoms with Gasteiger partial charge in [0.05, 0.1) is 12.7 Å². The SMILES string of the molecule is COc1ccc(C)cc1C1(O)CCC(C)C1. The van der Waals surface area contributed by atoms with Crippen LogP contribution in [-0.2, 0) is 5.60 Å². The molecule has 16 heavy (non-hydrogen) atoms. The molecule has 0 aliphatic heterocycles. The average Bonchev–Trinajstić information content (AvgIpc) is 2.60. The van der Waals surface area contributed by atoms with E-state index >= 15 is 0 Å². The van der Waals surface area contributed by atoms with Gasteiger partial charge in [-0.1, -0.05) is 18.6 Å². The zero-order chi connectivity index (χ0) is 11.8. The molecule has 1 aromatic carbocycles. The van der Waals surface area contributed by atoms with E-state index < -0.39 is 5.60 Å². The van der Waals surface area contributed by atoms with E-state index in [0.717, 1.165) is 30.6 Å². The number of benzene rings is 1. The monoisotopic (exact) mass is 220 g/mol. The van der Waals surface area contributed by atoms with Crippen molar-refractivity contribution < 1.29 is 9.84 Å². The van der Waals surface area contributed by atoms with Crippen molar-refractivity contribution in [1.82, 2.24) is 0 Å². The maximum atomic E-state index is 10.7. The lowest BCUT2D eigenvalue weighted by molar-refractivity contribution is 0.0382. The minimum absolute atomic E-state index is 0.593. The van der Waals surface area contributed by atoms with Crippen molar-refractivity contribution >= 4 is 0 Å². The van der Waals surface area contributed by atoms with E-state index in [0.29, 0.717) is 5.92 Å². The predicted octanol–water partition coefficient (Wildman–Crippen LogP) is 3.01. The third-order valence-electron chi connectivity index (χ3n) is 3.59. The molecule has 0 amide bonds. The van der Waals surface area contributed by atoms with Crippen molar-refractivity contribution in [2.75, 3.05) is 7.11 Å². The van der Waals surface area contributed by atoms with Crippen LogP contribution >= 0.6 is 0 Å². The summed E-state index contributed by atoms with van der Waals surface area (Å²) < 4.78 is 5.35. The first-order chi connectivity index (χ1) is 7.55. The molecule has 1 aromatic rings. The summed E-state index contributed by atoms with van der Waals surface area (Å²) in [4.78, 5) is 0. The maximum absolute atomic E-state index is 10.7. The van der Waals surface area contributed by atoms with E-state index in [1.54, 1.807) is 7.11 Å².